The average Bonchev–Trinajstić information content (AvgIpc) is 3.58. The number of urea groups is 1. The Morgan fingerprint density at radius 2 is 1.82 bits per heavy atom. The molecule has 244 valence electrons. The number of carbonyl (C=O) groups excluding carboxylic acids is 2. The van der Waals surface area contributed by atoms with Gasteiger partial charge in [-0.3, -0.25) is 9.52 Å². The maximum atomic E-state index is 12.7. The van der Waals surface area contributed by atoms with Crippen LogP contribution in [-0.4, -0.2) is 47.4 Å². The van der Waals surface area contributed by atoms with E-state index >= 15 is 0 Å². The molecule has 4 N–H and O–H groups in total. The number of amides is 3. The lowest BCUT2D eigenvalue weighted by molar-refractivity contribution is -0.203. The van der Waals surface area contributed by atoms with Crippen molar-refractivity contribution >= 4 is 29.6 Å². The number of hydrogen-bond acceptors (Lipinski definition) is 5. The van der Waals surface area contributed by atoms with E-state index in [-0.39, 0.29) is 35.0 Å². The van der Waals surface area contributed by atoms with E-state index in [0.29, 0.717) is 48.0 Å². The number of fused-ring (bicyclic) bond motifs is 6. The van der Waals surface area contributed by atoms with Crippen molar-refractivity contribution in [2.24, 2.45) is 52.3 Å². The fraction of sp³-hybridized carbons (Fsp3) is 0.778. The predicted molar refractivity (Wildman–Crippen MR) is 176 cm³/mol. The Morgan fingerprint density at radius 1 is 1.07 bits per heavy atom. The number of benzene rings is 1. The first-order chi connectivity index (χ1) is 21.0. The summed E-state index contributed by atoms with van der Waals surface area (Å²) in [5, 5.41) is 25.6. The highest BCUT2D eigenvalue weighted by Crippen LogP contribution is 2.69. The van der Waals surface area contributed by atoms with Gasteiger partial charge in [0.1, 0.15) is 0 Å². The van der Waals surface area contributed by atoms with E-state index in [1.54, 1.807) is 11.8 Å². The van der Waals surface area contributed by atoms with E-state index < -0.39 is 0 Å². The molecule has 4 saturated carbocycles. The second-order valence-corrected chi connectivity index (χ2v) is 16.4. The number of carbonyl (C=O) groups is 2. The van der Waals surface area contributed by atoms with Crippen molar-refractivity contribution in [3.8, 4) is 0 Å². The Bertz CT molecular complexity index is 1240. The molecule has 1 aromatic carbocycles. The monoisotopic (exact) mass is 625 g/mol. The molecule has 0 aromatic heterocycles. The van der Waals surface area contributed by atoms with Gasteiger partial charge in [-0.05, 0) is 146 Å². The molecule has 11 atom stereocenters. The number of rotatable bonds is 7. The van der Waals surface area contributed by atoms with E-state index in [0.717, 1.165) is 61.2 Å². The van der Waals surface area contributed by atoms with Crippen molar-refractivity contribution in [1.29, 1.82) is 0 Å². The first-order valence-electron chi connectivity index (χ1n) is 17.5. The lowest BCUT2D eigenvalue weighted by atomic mass is 9.41. The molecule has 7 nitrogen and oxygen atoms in total. The van der Waals surface area contributed by atoms with Gasteiger partial charge in [0.25, 0.3) is 0 Å². The molecular weight excluding hydrogens is 570 g/mol. The second-order valence-electron chi connectivity index (χ2n) is 15.6. The summed E-state index contributed by atoms with van der Waals surface area (Å²) in [6.07, 6.45) is 10.1. The van der Waals surface area contributed by atoms with E-state index in [1.165, 1.54) is 37.6 Å². The molecule has 0 spiro atoms. The Hall–Kier alpha value is -1.77. The molecule has 5 aliphatic rings. The predicted octanol–water partition coefficient (Wildman–Crippen LogP) is 6.55. The molecule has 3 amide bonds. The summed E-state index contributed by atoms with van der Waals surface area (Å²) in [6, 6.07) is 5.84. The summed E-state index contributed by atoms with van der Waals surface area (Å²) >= 11 is 1.32. The maximum Gasteiger partial charge on any atom is 0.325 e. The molecule has 8 heteroatoms. The van der Waals surface area contributed by atoms with Crippen molar-refractivity contribution in [1.82, 2.24) is 10.0 Å². The van der Waals surface area contributed by atoms with Crippen LogP contribution in [0, 0.1) is 52.3 Å². The number of aliphatic hydroxyl groups is 2. The van der Waals surface area contributed by atoms with Gasteiger partial charge in [0.15, 0.2) is 0 Å². The van der Waals surface area contributed by atoms with Gasteiger partial charge in [-0.15, -0.1) is 0 Å². The van der Waals surface area contributed by atoms with Crippen LogP contribution in [0.25, 0.3) is 0 Å². The van der Waals surface area contributed by atoms with Crippen LogP contribution in [0.15, 0.2) is 23.1 Å². The molecule has 44 heavy (non-hydrogen) atoms. The summed E-state index contributed by atoms with van der Waals surface area (Å²) in [6.45, 7) is 12.6. The third-order valence-electron chi connectivity index (χ3n) is 13.6. The minimum atomic E-state index is -0.256. The number of aliphatic hydroxyl groups excluding tert-OH is 2. The van der Waals surface area contributed by atoms with Gasteiger partial charge in [0.2, 0.25) is 5.91 Å². The van der Waals surface area contributed by atoms with Gasteiger partial charge in [0.05, 0.1) is 12.2 Å². The largest absolute Gasteiger partial charge is 0.393 e. The summed E-state index contributed by atoms with van der Waals surface area (Å²) in [5.41, 5.74) is 2.60. The van der Waals surface area contributed by atoms with Gasteiger partial charge in [0, 0.05) is 30.6 Å². The number of anilines is 1. The van der Waals surface area contributed by atoms with Crippen molar-refractivity contribution in [3.63, 3.8) is 0 Å². The third kappa shape index (κ3) is 5.49. The highest BCUT2D eigenvalue weighted by atomic mass is 32.2. The van der Waals surface area contributed by atoms with Crippen LogP contribution in [0.3, 0.4) is 0 Å². The number of nitrogens with zero attached hydrogens (tertiary/aromatic N) is 1. The molecule has 4 aliphatic carbocycles. The lowest BCUT2D eigenvalue weighted by Crippen LogP contribution is -2.62. The molecular formula is C36H55N3O4S. The third-order valence-corrected chi connectivity index (χ3v) is 14.4. The Balaban J connectivity index is 1.03. The van der Waals surface area contributed by atoms with Crippen LogP contribution in [-0.2, 0) is 11.2 Å². The quantitative estimate of drug-likeness (QED) is 0.257. The van der Waals surface area contributed by atoms with Gasteiger partial charge in [-0.1, -0.05) is 34.1 Å². The normalized spacial score (nSPS) is 39.9. The zero-order valence-corrected chi connectivity index (χ0v) is 28.3. The fourth-order valence-corrected chi connectivity index (χ4v) is 12.1. The van der Waals surface area contributed by atoms with Gasteiger partial charge in [-0.25, -0.2) is 4.79 Å². The van der Waals surface area contributed by atoms with Crippen LogP contribution < -0.4 is 14.9 Å². The standard InChI is InChI=1S/C36H55N3O4S/c1-6-26-30-20-24(41)11-15-36(30,5)29-12-16-35(4)27(8-9-28(35)32(29)33(26)42)21(2)13-17-37-34(43)38-44-25-7-10-31-23(19-25)14-18-39(31)22(3)40/h7,10,19,21,24,26-30,32-33,41-42H,6,8-9,11-18,20H2,1-5H3,(H2,37,38,43)/t21-,24-,26-,27-,28+,29+,30+,32+,33-,35-,36-/m1/s1. The SMILES string of the molecule is CC[C@H]1[C@@H](O)[C@@H]2[C@H](CC[C@]3(C)[C@@H]([C@H](C)CCNC(=O)NSc4ccc5c(c4)CCN5C(C)=O)CC[C@@H]23)[C@@]2(C)CC[C@@H](O)C[C@@H]12. The topological polar surface area (TPSA) is 102 Å². The Morgan fingerprint density at radius 3 is 2.57 bits per heavy atom. The molecule has 1 aromatic rings. The van der Waals surface area contributed by atoms with Crippen LogP contribution in [0.2, 0.25) is 0 Å². The van der Waals surface area contributed by atoms with Gasteiger partial charge >= 0.3 is 6.03 Å². The van der Waals surface area contributed by atoms with Crippen LogP contribution in [0.5, 0.6) is 0 Å². The fourth-order valence-electron chi connectivity index (χ4n) is 11.5. The van der Waals surface area contributed by atoms with Crippen LogP contribution >= 0.6 is 11.9 Å². The van der Waals surface area contributed by atoms with Crippen LogP contribution in [0.4, 0.5) is 10.5 Å². The second kappa shape index (κ2) is 12.4. The molecule has 6 rings (SSSR count). The zero-order chi connectivity index (χ0) is 31.4. The highest BCUT2D eigenvalue weighted by Gasteiger charge is 2.64. The highest BCUT2D eigenvalue weighted by molar-refractivity contribution is 7.98. The summed E-state index contributed by atoms with van der Waals surface area (Å²) in [4.78, 5) is 27.3. The molecule has 0 radical (unpaired) electrons. The van der Waals surface area contributed by atoms with E-state index in [1.807, 2.05) is 12.1 Å². The molecule has 1 heterocycles. The summed E-state index contributed by atoms with van der Waals surface area (Å²) < 4.78 is 2.94. The zero-order valence-electron chi connectivity index (χ0n) is 27.5. The van der Waals surface area contributed by atoms with E-state index in [9.17, 15) is 19.8 Å². The molecule has 0 bridgehead atoms. The van der Waals surface area contributed by atoms with Crippen molar-refractivity contribution in [2.75, 3.05) is 18.0 Å². The first kappa shape index (κ1) is 32.2. The van der Waals surface area contributed by atoms with Gasteiger partial charge in [-0.2, -0.15) is 0 Å². The number of hydrogen-bond donors (Lipinski definition) is 4. The first-order valence-corrected chi connectivity index (χ1v) is 18.3. The Labute approximate surface area is 268 Å². The molecule has 0 saturated heterocycles. The van der Waals surface area contributed by atoms with E-state index in [2.05, 4.69) is 43.8 Å². The minimum absolute atomic E-state index is 0.0656. The smallest absolute Gasteiger partial charge is 0.325 e. The van der Waals surface area contributed by atoms with Crippen molar-refractivity contribution in [3.05, 3.63) is 23.8 Å². The Kier molecular flexibility index (Phi) is 9.10. The maximum absolute atomic E-state index is 12.7. The molecule has 4 fully saturated rings. The average molecular weight is 626 g/mol. The summed E-state index contributed by atoms with van der Waals surface area (Å²) in [5.74, 6) is 3.40. The molecule has 0 unspecified atom stereocenters. The summed E-state index contributed by atoms with van der Waals surface area (Å²) in [7, 11) is 0. The van der Waals surface area contributed by atoms with Crippen molar-refractivity contribution < 1.29 is 19.8 Å². The lowest BCUT2D eigenvalue weighted by Gasteiger charge is -2.64. The minimum Gasteiger partial charge on any atom is -0.393 e. The van der Waals surface area contributed by atoms with Crippen molar-refractivity contribution in [2.45, 2.75) is 116 Å². The van der Waals surface area contributed by atoms with E-state index in [4.69, 9.17) is 0 Å². The van der Waals surface area contributed by atoms with Gasteiger partial charge < -0.3 is 20.4 Å². The number of nitrogens with one attached hydrogen (secondary N) is 2. The van der Waals surface area contributed by atoms with Crippen LogP contribution in [0.1, 0.15) is 98.0 Å². The molecule has 1 aliphatic heterocycles.